The molecular weight excluding hydrogens is 546 g/mol. The molecule has 4 amide bonds. The lowest BCUT2D eigenvalue weighted by atomic mass is 9.92. The van der Waals surface area contributed by atoms with E-state index in [0.717, 1.165) is 40.4 Å². The standard InChI is InChI=1S/C33H35N5O5/c1-22-9-11-23(12-10-22)38-29(21-28(34-38)33(2,3)4)37-31(40)30(39)36(32(37)41)26-13-14-27(25-8-6-5-7-24(25)26)43-20-17-35-15-18-42-19-16-35/h5-14,21H,15-20H2,1-4H3. The molecule has 10 heteroatoms. The monoisotopic (exact) mass is 581 g/mol. The van der Waals surface area contributed by atoms with Gasteiger partial charge in [0.2, 0.25) is 0 Å². The van der Waals surface area contributed by atoms with Crippen molar-refractivity contribution in [2.24, 2.45) is 0 Å². The van der Waals surface area contributed by atoms with Gasteiger partial charge in [-0.1, -0.05) is 62.7 Å². The van der Waals surface area contributed by atoms with Gasteiger partial charge in [-0.15, -0.1) is 0 Å². The lowest BCUT2D eigenvalue weighted by Crippen LogP contribution is -2.38. The fraction of sp³-hybridized carbons (Fsp3) is 0.333. The van der Waals surface area contributed by atoms with Crippen LogP contribution in [0.1, 0.15) is 32.0 Å². The fourth-order valence-corrected chi connectivity index (χ4v) is 5.34. The number of ether oxygens (including phenoxy) is 2. The molecule has 0 radical (unpaired) electrons. The number of nitrogens with zero attached hydrogens (tertiary/aromatic N) is 5. The Bertz CT molecular complexity index is 1700. The summed E-state index contributed by atoms with van der Waals surface area (Å²) >= 11 is 0. The number of aryl methyl sites for hydroxylation is 1. The van der Waals surface area contributed by atoms with Gasteiger partial charge in [0.1, 0.15) is 18.2 Å². The van der Waals surface area contributed by atoms with Crippen LogP contribution in [0.3, 0.4) is 0 Å². The first-order valence-corrected chi connectivity index (χ1v) is 14.5. The highest BCUT2D eigenvalue weighted by atomic mass is 16.5. The number of carbonyl (C=O) groups is 3. The fourth-order valence-electron chi connectivity index (χ4n) is 5.34. The van der Waals surface area contributed by atoms with Crippen molar-refractivity contribution in [3.8, 4) is 11.4 Å². The van der Waals surface area contributed by atoms with Crippen LogP contribution < -0.4 is 14.5 Å². The van der Waals surface area contributed by atoms with Gasteiger partial charge in [0.15, 0.2) is 0 Å². The molecule has 2 aliphatic rings. The second kappa shape index (κ2) is 11.3. The number of amides is 4. The predicted molar refractivity (Wildman–Crippen MR) is 164 cm³/mol. The Balaban J connectivity index is 1.35. The van der Waals surface area contributed by atoms with Crippen LogP contribution in [0.25, 0.3) is 16.5 Å². The SMILES string of the molecule is Cc1ccc(-n2nc(C(C)(C)C)cc2N2C(=O)C(=O)N(c3ccc(OCCN4CCOCC4)c4ccccc34)C2=O)cc1. The molecule has 6 rings (SSSR count). The third kappa shape index (κ3) is 5.39. The van der Waals surface area contributed by atoms with Crippen molar-refractivity contribution in [2.75, 3.05) is 49.3 Å². The van der Waals surface area contributed by atoms with E-state index in [1.54, 1.807) is 22.9 Å². The van der Waals surface area contributed by atoms with Crippen molar-refractivity contribution in [3.05, 3.63) is 78.0 Å². The zero-order valence-electron chi connectivity index (χ0n) is 24.9. The lowest BCUT2D eigenvalue weighted by Gasteiger charge is -2.26. The van der Waals surface area contributed by atoms with Gasteiger partial charge in [0.25, 0.3) is 0 Å². The maximum atomic E-state index is 14.0. The molecule has 2 saturated heterocycles. The van der Waals surface area contributed by atoms with E-state index in [2.05, 4.69) is 4.90 Å². The number of imide groups is 2. The summed E-state index contributed by atoms with van der Waals surface area (Å²) in [7, 11) is 0. The molecule has 4 aromatic rings. The van der Waals surface area contributed by atoms with Gasteiger partial charge < -0.3 is 9.47 Å². The maximum absolute atomic E-state index is 14.0. The van der Waals surface area contributed by atoms with Crippen LogP contribution in [0.4, 0.5) is 16.3 Å². The van der Waals surface area contributed by atoms with Crippen LogP contribution in [0.5, 0.6) is 5.75 Å². The molecule has 2 fully saturated rings. The minimum absolute atomic E-state index is 0.215. The van der Waals surface area contributed by atoms with E-state index >= 15 is 0 Å². The van der Waals surface area contributed by atoms with Gasteiger partial charge in [-0.25, -0.2) is 19.3 Å². The average Bonchev–Trinajstić information content (AvgIpc) is 3.53. The highest BCUT2D eigenvalue weighted by Gasteiger charge is 2.48. The molecular formula is C33H35N5O5. The zero-order chi connectivity index (χ0) is 30.3. The van der Waals surface area contributed by atoms with Gasteiger partial charge in [0, 0.05) is 41.9 Å². The Labute approximate surface area is 250 Å². The number of hydrogen-bond acceptors (Lipinski definition) is 7. The second-order valence-corrected chi connectivity index (χ2v) is 11.9. The van der Waals surface area contributed by atoms with Crippen LogP contribution >= 0.6 is 0 Å². The number of benzene rings is 3. The van der Waals surface area contributed by atoms with Gasteiger partial charge >= 0.3 is 17.8 Å². The Kier molecular flexibility index (Phi) is 7.49. The van der Waals surface area contributed by atoms with Crippen molar-refractivity contribution in [2.45, 2.75) is 33.1 Å². The van der Waals surface area contributed by atoms with E-state index in [1.807, 2.05) is 76.2 Å². The number of morpholine rings is 1. The molecule has 222 valence electrons. The molecule has 1 aromatic heterocycles. The number of anilines is 2. The third-order valence-corrected chi connectivity index (χ3v) is 7.81. The Hall–Kier alpha value is -4.54. The summed E-state index contributed by atoms with van der Waals surface area (Å²) in [5.74, 6) is -1.01. The summed E-state index contributed by atoms with van der Waals surface area (Å²) in [6, 6.07) is 19.4. The van der Waals surface area contributed by atoms with Gasteiger partial charge in [-0.2, -0.15) is 5.10 Å². The van der Waals surface area contributed by atoms with Crippen LogP contribution in [0, 0.1) is 6.92 Å². The molecule has 0 aliphatic carbocycles. The maximum Gasteiger partial charge on any atom is 0.344 e. The molecule has 2 aliphatic heterocycles. The molecule has 0 N–H and O–H groups in total. The molecule has 0 spiro atoms. The minimum atomic E-state index is -0.936. The molecule has 0 unspecified atom stereocenters. The molecule has 0 bridgehead atoms. The molecule has 3 aromatic carbocycles. The largest absolute Gasteiger partial charge is 0.492 e. The number of hydrogen-bond donors (Lipinski definition) is 0. The highest BCUT2D eigenvalue weighted by Crippen LogP contribution is 2.38. The number of rotatable bonds is 7. The Morgan fingerprint density at radius 2 is 1.53 bits per heavy atom. The summed E-state index contributed by atoms with van der Waals surface area (Å²) in [5.41, 5.74) is 2.36. The minimum Gasteiger partial charge on any atom is -0.492 e. The Morgan fingerprint density at radius 1 is 0.860 bits per heavy atom. The van der Waals surface area contributed by atoms with Gasteiger partial charge in [-0.05, 0) is 31.2 Å². The van der Waals surface area contributed by atoms with Crippen LogP contribution in [-0.2, 0) is 19.7 Å². The molecule has 3 heterocycles. The summed E-state index contributed by atoms with van der Waals surface area (Å²) in [5, 5.41) is 6.13. The molecule has 10 nitrogen and oxygen atoms in total. The van der Waals surface area contributed by atoms with Crippen molar-refractivity contribution < 1.29 is 23.9 Å². The summed E-state index contributed by atoms with van der Waals surface area (Å²) in [6.45, 7) is 12.4. The Morgan fingerprint density at radius 3 is 2.23 bits per heavy atom. The van der Waals surface area contributed by atoms with Crippen LogP contribution in [0.2, 0.25) is 0 Å². The van der Waals surface area contributed by atoms with Crippen molar-refractivity contribution >= 4 is 40.1 Å². The average molecular weight is 582 g/mol. The third-order valence-electron chi connectivity index (χ3n) is 7.81. The number of carbonyl (C=O) groups excluding carboxylic acids is 3. The summed E-state index contributed by atoms with van der Waals surface area (Å²) in [4.78, 5) is 45.2. The van der Waals surface area contributed by atoms with Crippen molar-refractivity contribution in [1.29, 1.82) is 0 Å². The van der Waals surface area contributed by atoms with Gasteiger partial charge in [0.05, 0.1) is 30.3 Å². The zero-order valence-corrected chi connectivity index (χ0v) is 24.9. The summed E-state index contributed by atoms with van der Waals surface area (Å²) < 4.78 is 13.1. The first kappa shape index (κ1) is 28.6. The number of aromatic nitrogens is 2. The van der Waals surface area contributed by atoms with E-state index in [1.165, 1.54) is 0 Å². The predicted octanol–water partition coefficient (Wildman–Crippen LogP) is 4.84. The quantitative estimate of drug-likeness (QED) is 0.228. The second-order valence-electron chi connectivity index (χ2n) is 11.9. The lowest BCUT2D eigenvalue weighted by molar-refractivity contribution is -0.133. The van der Waals surface area contributed by atoms with Gasteiger partial charge in [-0.3, -0.25) is 14.5 Å². The van der Waals surface area contributed by atoms with Crippen LogP contribution in [0.15, 0.2) is 66.7 Å². The van der Waals surface area contributed by atoms with E-state index in [0.29, 0.717) is 48.0 Å². The molecule has 0 saturated carbocycles. The first-order valence-electron chi connectivity index (χ1n) is 14.5. The van der Waals surface area contributed by atoms with Crippen molar-refractivity contribution in [3.63, 3.8) is 0 Å². The highest BCUT2D eigenvalue weighted by molar-refractivity contribution is 6.60. The van der Waals surface area contributed by atoms with E-state index < -0.39 is 17.8 Å². The summed E-state index contributed by atoms with van der Waals surface area (Å²) in [6.07, 6.45) is 0. The van der Waals surface area contributed by atoms with E-state index in [-0.39, 0.29) is 11.2 Å². The smallest absolute Gasteiger partial charge is 0.344 e. The van der Waals surface area contributed by atoms with E-state index in [4.69, 9.17) is 14.6 Å². The van der Waals surface area contributed by atoms with E-state index in [9.17, 15) is 14.4 Å². The first-order chi connectivity index (χ1) is 20.6. The normalized spacial score (nSPS) is 16.5. The number of urea groups is 1. The topological polar surface area (TPSA) is 97.2 Å². The molecule has 0 atom stereocenters. The van der Waals surface area contributed by atoms with Crippen molar-refractivity contribution in [1.82, 2.24) is 14.7 Å². The van der Waals surface area contributed by atoms with Crippen LogP contribution in [-0.4, -0.2) is 72.0 Å². The molecule has 43 heavy (non-hydrogen) atoms. The number of fused-ring (bicyclic) bond motifs is 1.